The quantitative estimate of drug-likeness (QED) is 0.680. The fourth-order valence-corrected chi connectivity index (χ4v) is 1.64. The molecular weight excluding hydrogens is 160 g/mol. The van der Waals surface area contributed by atoms with Gasteiger partial charge in [0.2, 0.25) is 0 Å². The van der Waals surface area contributed by atoms with Crippen molar-refractivity contribution in [1.82, 2.24) is 4.90 Å². The third-order valence-electron chi connectivity index (χ3n) is 2.35. The smallest absolute Gasteiger partial charge is 0.0222 e. The van der Waals surface area contributed by atoms with Crippen LogP contribution in [0.3, 0.4) is 0 Å². The van der Waals surface area contributed by atoms with E-state index in [1.165, 1.54) is 19.4 Å². The maximum absolute atomic E-state index is 5.63. The van der Waals surface area contributed by atoms with Crippen molar-refractivity contribution < 1.29 is 0 Å². The second-order valence-electron chi connectivity index (χ2n) is 3.10. The summed E-state index contributed by atoms with van der Waals surface area (Å²) in [6, 6.07) is 0.645. The fourth-order valence-electron chi connectivity index (χ4n) is 1.64. The summed E-state index contributed by atoms with van der Waals surface area (Å²) in [6.07, 6.45) is 6.91. The zero-order valence-electron chi connectivity index (χ0n) is 9.29. The topological polar surface area (TPSA) is 29.3 Å². The van der Waals surface area contributed by atoms with Gasteiger partial charge in [0.1, 0.15) is 0 Å². The summed E-state index contributed by atoms with van der Waals surface area (Å²) in [6.45, 7) is 9.19. The maximum Gasteiger partial charge on any atom is 0.0222 e. The van der Waals surface area contributed by atoms with Gasteiger partial charge in [-0.25, -0.2) is 0 Å². The number of hydrogen-bond donors (Lipinski definition) is 1. The minimum atomic E-state index is 0.645. The summed E-state index contributed by atoms with van der Waals surface area (Å²) in [4.78, 5) is 2.46. The predicted octanol–water partition coefficient (Wildman–Crippen LogP) is 2.01. The molecule has 1 aliphatic heterocycles. The molecule has 2 heteroatoms. The van der Waals surface area contributed by atoms with Gasteiger partial charge in [0.15, 0.2) is 0 Å². The molecule has 1 aliphatic rings. The minimum absolute atomic E-state index is 0.645. The van der Waals surface area contributed by atoms with E-state index in [0.717, 1.165) is 13.1 Å². The fraction of sp³-hybridized carbons (Fsp3) is 0.818. The standard InChI is InChI=1S/C9H18N2.C2H6/c1-2-3-6-11-7-4-5-9(11)8-10;1-2/h2-3,9H,4-8,10H2,1H3;1-2H3/b3-2+;. The highest BCUT2D eigenvalue weighted by Crippen LogP contribution is 2.15. The van der Waals surface area contributed by atoms with Gasteiger partial charge < -0.3 is 5.73 Å². The van der Waals surface area contributed by atoms with Crippen LogP contribution in [-0.2, 0) is 0 Å². The van der Waals surface area contributed by atoms with E-state index in [1.54, 1.807) is 0 Å². The van der Waals surface area contributed by atoms with Crippen LogP contribution in [0, 0.1) is 0 Å². The van der Waals surface area contributed by atoms with Gasteiger partial charge in [0.25, 0.3) is 0 Å². The van der Waals surface area contributed by atoms with Crippen LogP contribution in [0.15, 0.2) is 12.2 Å². The van der Waals surface area contributed by atoms with Crippen molar-refractivity contribution in [3.8, 4) is 0 Å². The van der Waals surface area contributed by atoms with Crippen LogP contribution in [0.25, 0.3) is 0 Å². The van der Waals surface area contributed by atoms with Gasteiger partial charge in [-0.3, -0.25) is 4.90 Å². The van der Waals surface area contributed by atoms with E-state index < -0.39 is 0 Å². The first kappa shape index (κ1) is 12.7. The highest BCUT2D eigenvalue weighted by molar-refractivity contribution is 4.87. The van der Waals surface area contributed by atoms with E-state index in [2.05, 4.69) is 24.0 Å². The molecule has 0 aromatic heterocycles. The molecule has 1 heterocycles. The lowest BCUT2D eigenvalue weighted by molar-refractivity contribution is 0.286. The molecule has 13 heavy (non-hydrogen) atoms. The molecule has 1 unspecified atom stereocenters. The maximum atomic E-state index is 5.63. The minimum Gasteiger partial charge on any atom is -0.329 e. The van der Waals surface area contributed by atoms with Crippen molar-refractivity contribution in [1.29, 1.82) is 0 Å². The van der Waals surface area contributed by atoms with Gasteiger partial charge in [-0.05, 0) is 26.3 Å². The third-order valence-corrected chi connectivity index (χ3v) is 2.35. The zero-order valence-corrected chi connectivity index (χ0v) is 9.29. The molecule has 0 aromatic carbocycles. The van der Waals surface area contributed by atoms with E-state index in [0.29, 0.717) is 6.04 Å². The Labute approximate surface area is 82.8 Å². The second kappa shape index (κ2) is 8.27. The molecule has 0 aromatic rings. The molecule has 0 bridgehead atoms. The monoisotopic (exact) mass is 184 g/mol. The van der Waals surface area contributed by atoms with Crippen molar-refractivity contribution in [3.05, 3.63) is 12.2 Å². The highest BCUT2D eigenvalue weighted by atomic mass is 15.2. The van der Waals surface area contributed by atoms with Crippen LogP contribution in [0.5, 0.6) is 0 Å². The lowest BCUT2D eigenvalue weighted by atomic mass is 10.2. The number of likely N-dealkylation sites (tertiary alicyclic amines) is 1. The number of rotatable bonds is 3. The van der Waals surface area contributed by atoms with Crippen molar-refractivity contribution >= 4 is 0 Å². The van der Waals surface area contributed by atoms with Crippen LogP contribution in [0.4, 0.5) is 0 Å². The average Bonchev–Trinajstić information content (AvgIpc) is 2.65. The van der Waals surface area contributed by atoms with Gasteiger partial charge >= 0.3 is 0 Å². The van der Waals surface area contributed by atoms with Crippen molar-refractivity contribution in [2.45, 2.75) is 39.7 Å². The summed E-state index contributed by atoms with van der Waals surface area (Å²) >= 11 is 0. The molecule has 78 valence electrons. The van der Waals surface area contributed by atoms with Crippen LogP contribution in [0.2, 0.25) is 0 Å². The van der Waals surface area contributed by atoms with E-state index in [4.69, 9.17) is 5.73 Å². The number of allylic oxidation sites excluding steroid dienone is 1. The van der Waals surface area contributed by atoms with Gasteiger partial charge in [0, 0.05) is 19.1 Å². The normalized spacial score (nSPS) is 23.2. The molecule has 1 atom stereocenters. The van der Waals surface area contributed by atoms with E-state index in [9.17, 15) is 0 Å². The molecule has 0 radical (unpaired) electrons. The summed E-state index contributed by atoms with van der Waals surface area (Å²) < 4.78 is 0. The second-order valence-corrected chi connectivity index (χ2v) is 3.10. The molecule has 2 nitrogen and oxygen atoms in total. The number of hydrogen-bond acceptors (Lipinski definition) is 2. The van der Waals surface area contributed by atoms with Crippen molar-refractivity contribution in [2.75, 3.05) is 19.6 Å². The molecule has 1 rings (SSSR count). The van der Waals surface area contributed by atoms with E-state index >= 15 is 0 Å². The molecule has 0 spiro atoms. The lowest BCUT2D eigenvalue weighted by Crippen LogP contribution is -2.35. The Hall–Kier alpha value is -0.340. The third kappa shape index (κ3) is 4.44. The lowest BCUT2D eigenvalue weighted by Gasteiger charge is -2.20. The number of nitrogens with zero attached hydrogens (tertiary/aromatic N) is 1. The Morgan fingerprint density at radius 2 is 2.15 bits per heavy atom. The first-order chi connectivity index (χ1) is 6.38. The average molecular weight is 184 g/mol. The van der Waals surface area contributed by atoms with Gasteiger partial charge in [0.05, 0.1) is 0 Å². The molecule has 2 N–H and O–H groups in total. The Morgan fingerprint density at radius 3 is 2.69 bits per heavy atom. The zero-order chi connectivity index (χ0) is 10.1. The van der Waals surface area contributed by atoms with Crippen LogP contribution in [-0.4, -0.2) is 30.6 Å². The first-order valence-corrected chi connectivity index (χ1v) is 5.43. The molecule has 1 saturated heterocycles. The van der Waals surface area contributed by atoms with Crippen LogP contribution >= 0.6 is 0 Å². The van der Waals surface area contributed by atoms with E-state index in [1.807, 2.05) is 13.8 Å². The Morgan fingerprint density at radius 1 is 1.46 bits per heavy atom. The van der Waals surface area contributed by atoms with Gasteiger partial charge in [-0.1, -0.05) is 26.0 Å². The summed E-state index contributed by atoms with van der Waals surface area (Å²) in [7, 11) is 0. The van der Waals surface area contributed by atoms with E-state index in [-0.39, 0.29) is 0 Å². The summed E-state index contributed by atoms with van der Waals surface area (Å²) in [5, 5.41) is 0. The van der Waals surface area contributed by atoms with Gasteiger partial charge in [-0.2, -0.15) is 0 Å². The highest BCUT2D eigenvalue weighted by Gasteiger charge is 2.21. The predicted molar refractivity (Wildman–Crippen MR) is 59.8 cm³/mol. The Bertz CT molecular complexity index is 132. The molecule has 1 fully saturated rings. The summed E-state index contributed by atoms with van der Waals surface area (Å²) in [5.41, 5.74) is 5.63. The largest absolute Gasteiger partial charge is 0.329 e. The van der Waals surface area contributed by atoms with Gasteiger partial charge in [-0.15, -0.1) is 0 Å². The molecule has 0 amide bonds. The molecule has 0 saturated carbocycles. The summed E-state index contributed by atoms with van der Waals surface area (Å²) in [5.74, 6) is 0. The first-order valence-electron chi connectivity index (χ1n) is 5.43. The molecular formula is C11H24N2. The van der Waals surface area contributed by atoms with Crippen LogP contribution < -0.4 is 5.73 Å². The number of nitrogens with two attached hydrogens (primary N) is 1. The Kier molecular flexibility index (Phi) is 8.05. The van der Waals surface area contributed by atoms with Crippen molar-refractivity contribution in [2.24, 2.45) is 5.73 Å². The van der Waals surface area contributed by atoms with Crippen LogP contribution in [0.1, 0.15) is 33.6 Å². The SMILES string of the molecule is C/C=C/CN1CCCC1CN.CC. The molecule has 0 aliphatic carbocycles. The Balaban J connectivity index is 0.000000671. The van der Waals surface area contributed by atoms with Crippen molar-refractivity contribution in [3.63, 3.8) is 0 Å².